The quantitative estimate of drug-likeness (QED) is 0.905. The molecule has 0 radical (unpaired) electrons. The van der Waals surface area contributed by atoms with Gasteiger partial charge >= 0.3 is 6.61 Å². The Hall–Kier alpha value is -2.51. The maximum atomic E-state index is 12.1. The third kappa shape index (κ3) is 3.50. The number of nitrogens with zero attached hydrogens (tertiary/aromatic N) is 3. The Morgan fingerprint density at radius 1 is 1.40 bits per heavy atom. The summed E-state index contributed by atoms with van der Waals surface area (Å²) in [6, 6.07) is 5.50. The number of amides is 1. The van der Waals surface area contributed by atoms with Crippen LogP contribution in [0.5, 0.6) is 5.75 Å². The highest BCUT2D eigenvalue weighted by molar-refractivity contribution is 5.94. The molecule has 0 aliphatic carbocycles. The van der Waals surface area contributed by atoms with Crippen LogP contribution >= 0.6 is 0 Å². The number of halogens is 2. The summed E-state index contributed by atoms with van der Waals surface area (Å²) < 4.78 is 28.2. The van der Waals surface area contributed by atoms with Crippen molar-refractivity contribution in [3.8, 4) is 5.75 Å². The van der Waals surface area contributed by atoms with Gasteiger partial charge < -0.3 is 9.64 Å². The molecule has 8 heteroatoms. The van der Waals surface area contributed by atoms with Gasteiger partial charge in [-0.25, -0.2) is 4.98 Å². The number of alkyl halides is 2. The van der Waals surface area contributed by atoms with Gasteiger partial charge in [-0.05, 0) is 24.3 Å². The van der Waals surface area contributed by atoms with Gasteiger partial charge in [-0.15, -0.1) is 0 Å². The van der Waals surface area contributed by atoms with Crippen molar-refractivity contribution in [3.05, 3.63) is 42.0 Å². The van der Waals surface area contributed by atoms with Gasteiger partial charge in [0.15, 0.2) is 0 Å². The fraction of sp³-hybridized carbons (Fsp3) is 0.250. The summed E-state index contributed by atoms with van der Waals surface area (Å²) in [6.45, 7) is -2.61. The van der Waals surface area contributed by atoms with Crippen molar-refractivity contribution < 1.29 is 18.3 Å². The van der Waals surface area contributed by atoms with Gasteiger partial charge in [0, 0.05) is 12.6 Å². The Bertz CT molecular complexity index is 557. The molecule has 2 rings (SSSR count). The van der Waals surface area contributed by atoms with Gasteiger partial charge in [0.1, 0.15) is 17.9 Å². The number of rotatable bonds is 5. The van der Waals surface area contributed by atoms with Crippen LogP contribution in [0.25, 0.3) is 0 Å². The van der Waals surface area contributed by atoms with Crippen molar-refractivity contribution in [1.29, 1.82) is 0 Å². The average Bonchev–Trinajstić information content (AvgIpc) is 2.91. The highest BCUT2D eigenvalue weighted by atomic mass is 19.3. The van der Waals surface area contributed by atoms with Gasteiger partial charge in [0.25, 0.3) is 5.91 Å². The molecular weight excluding hydrogens is 270 g/mol. The van der Waals surface area contributed by atoms with Crippen LogP contribution in [0.4, 0.5) is 8.78 Å². The first-order chi connectivity index (χ1) is 9.56. The Labute approximate surface area is 113 Å². The van der Waals surface area contributed by atoms with Crippen molar-refractivity contribution in [1.82, 2.24) is 20.1 Å². The van der Waals surface area contributed by atoms with Crippen LogP contribution in [0.1, 0.15) is 16.2 Å². The molecule has 2 aromatic rings. The SMILES string of the molecule is CN(Cc1ncn[nH]1)C(=O)c1ccc(OC(F)F)cc1. The number of H-pyrrole nitrogens is 1. The molecular formula is C12H12F2N4O2. The van der Waals surface area contributed by atoms with E-state index >= 15 is 0 Å². The van der Waals surface area contributed by atoms with E-state index in [1.54, 1.807) is 7.05 Å². The second kappa shape index (κ2) is 6.09. The highest BCUT2D eigenvalue weighted by Crippen LogP contribution is 2.16. The molecule has 1 aromatic heterocycles. The van der Waals surface area contributed by atoms with E-state index in [1.807, 2.05) is 0 Å². The van der Waals surface area contributed by atoms with E-state index in [-0.39, 0.29) is 18.2 Å². The lowest BCUT2D eigenvalue weighted by Crippen LogP contribution is -2.26. The zero-order valence-corrected chi connectivity index (χ0v) is 10.6. The molecule has 6 nitrogen and oxygen atoms in total. The van der Waals surface area contributed by atoms with Crippen LogP contribution in [-0.2, 0) is 6.54 Å². The van der Waals surface area contributed by atoms with Gasteiger partial charge in [-0.2, -0.15) is 13.9 Å². The molecule has 20 heavy (non-hydrogen) atoms. The Morgan fingerprint density at radius 3 is 2.65 bits per heavy atom. The number of ether oxygens (including phenoxy) is 1. The number of benzene rings is 1. The van der Waals surface area contributed by atoms with E-state index in [2.05, 4.69) is 19.9 Å². The van der Waals surface area contributed by atoms with E-state index in [9.17, 15) is 13.6 Å². The maximum absolute atomic E-state index is 12.1. The number of aromatic nitrogens is 3. The van der Waals surface area contributed by atoms with Gasteiger partial charge in [0.05, 0.1) is 6.54 Å². The summed E-state index contributed by atoms with van der Waals surface area (Å²) in [5.41, 5.74) is 0.369. The van der Waals surface area contributed by atoms with Gasteiger partial charge in [-0.3, -0.25) is 9.89 Å². The zero-order valence-electron chi connectivity index (χ0n) is 10.6. The predicted molar refractivity (Wildman–Crippen MR) is 65.3 cm³/mol. The smallest absolute Gasteiger partial charge is 0.387 e. The highest BCUT2D eigenvalue weighted by Gasteiger charge is 2.13. The second-order valence-electron chi connectivity index (χ2n) is 4.00. The molecule has 1 heterocycles. The van der Waals surface area contributed by atoms with Crippen LogP contribution in [0.15, 0.2) is 30.6 Å². The summed E-state index contributed by atoms with van der Waals surface area (Å²) in [6.07, 6.45) is 1.35. The van der Waals surface area contributed by atoms with E-state index < -0.39 is 6.61 Å². The summed E-state index contributed by atoms with van der Waals surface area (Å²) in [7, 11) is 1.61. The molecule has 0 spiro atoms. The minimum absolute atomic E-state index is 0.00874. The summed E-state index contributed by atoms with van der Waals surface area (Å²) in [5, 5.41) is 6.33. The minimum Gasteiger partial charge on any atom is -0.435 e. The predicted octanol–water partition coefficient (Wildman–Crippen LogP) is 1.68. The molecule has 106 valence electrons. The number of nitrogens with one attached hydrogen (secondary N) is 1. The molecule has 0 aliphatic heterocycles. The minimum atomic E-state index is -2.88. The topological polar surface area (TPSA) is 71.1 Å². The van der Waals surface area contributed by atoms with Crippen LogP contribution in [-0.4, -0.2) is 39.6 Å². The average molecular weight is 282 g/mol. The first-order valence-corrected chi connectivity index (χ1v) is 5.71. The molecule has 0 aliphatic rings. The Balaban J connectivity index is 2.01. The number of carbonyl (C=O) groups excluding carboxylic acids is 1. The monoisotopic (exact) mass is 282 g/mol. The first kappa shape index (κ1) is 13.9. The molecule has 0 saturated heterocycles. The van der Waals surface area contributed by atoms with Crippen LogP contribution in [0.2, 0.25) is 0 Å². The third-order valence-corrected chi connectivity index (χ3v) is 2.52. The Kier molecular flexibility index (Phi) is 4.24. The summed E-state index contributed by atoms with van der Waals surface area (Å²) in [5.74, 6) is 0.304. The number of carbonyl (C=O) groups is 1. The zero-order chi connectivity index (χ0) is 14.5. The lowest BCUT2D eigenvalue weighted by atomic mass is 10.2. The van der Waals surface area contributed by atoms with Crippen molar-refractivity contribution in [2.45, 2.75) is 13.2 Å². The van der Waals surface area contributed by atoms with E-state index in [0.29, 0.717) is 11.4 Å². The van der Waals surface area contributed by atoms with E-state index in [4.69, 9.17) is 0 Å². The van der Waals surface area contributed by atoms with Crippen LogP contribution < -0.4 is 4.74 Å². The maximum Gasteiger partial charge on any atom is 0.387 e. The normalized spacial score (nSPS) is 10.6. The third-order valence-electron chi connectivity index (χ3n) is 2.52. The number of aromatic amines is 1. The standard InChI is InChI=1S/C12H12F2N4O2/c1-18(6-10-15-7-16-17-10)11(19)8-2-4-9(5-3-8)20-12(13)14/h2-5,7,12H,6H2,1H3,(H,15,16,17). The number of hydrogen-bond acceptors (Lipinski definition) is 4. The molecule has 0 atom stereocenters. The van der Waals surface area contributed by atoms with E-state index in [1.165, 1.54) is 35.5 Å². The second-order valence-corrected chi connectivity index (χ2v) is 4.00. The fourth-order valence-corrected chi connectivity index (χ4v) is 1.60. The molecule has 0 unspecified atom stereocenters. The van der Waals surface area contributed by atoms with Crippen LogP contribution in [0.3, 0.4) is 0 Å². The number of hydrogen-bond donors (Lipinski definition) is 1. The van der Waals surface area contributed by atoms with Crippen LogP contribution in [0, 0.1) is 0 Å². The summed E-state index contributed by atoms with van der Waals surface area (Å²) >= 11 is 0. The van der Waals surface area contributed by atoms with Gasteiger partial charge in [0.2, 0.25) is 0 Å². The lowest BCUT2D eigenvalue weighted by molar-refractivity contribution is -0.0498. The van der Waals surface area contributed by atoms with Crippen molar-refractivity contribution in [3.63, 3.8) is 0 Å². The molecule has 1 amide bonds. The summed E-state index contributed by atoms with van der Waals surface area (Å²) in [4.78, 5) is 17.4. The van der Waals surface area contributed by atoms with E-state index in [0.717, 1.165) is 0 Å². The Morgan fingerprint density at radius 2 is 2.10 bits per heavy atom. The van der Waals surface area contributed by atoms with Crippen molar-refractivity contribution >= 4 is 5.91 Å². The van der Waals surface area contributed by atoms with Crippen molar-refractivity contribution in [2.24, 2.45) is 0 Å². The first-order valence-electron chi connectivity index (χ1n) is 5.71. The fourth-order valence-electron chi connectivity index (χ4n) is 1.60. The van der Waals surface area contributed by atoms with Crippen molar-refractivity contribution in [2.75, 3.05) is 7.05 Å². The largest absolute Gasteiger partial charge is 0.435 e. The van der Waals surface area contributed by atoms with Gasteiger partial charge in [-0.1, -0.05) is 0 Å². The molecule has 1 aromatic carbocycles. The molecule has 0 saturated carbocycles. The molecule has 1 N–H and O–H groups in total. The molecule has 0 bridgehead atoms. The molecule has 0 fully saturated rings. The lowest BCUT2D eigenvalue weighted by Gasteiger charge is -2.15.